The zero-order valence-corrected chi connectivity index (χ0v) is 16.1. The molecule has 0 unspecified atom stereocenters. The number of aliphatic imine (C=N–C) groups is 1. The molecule has 2 N–H and O–H groups in total. The van der Waals surface area contributed by atoms with Crippen molar-refractivity contribution < 1.29 is 5.11 Å². The first-order valence-corrected chi connectivity index (χ1v) is 9.74. The number of hydrogen-bond donors (Lipinski definition) is 2. The Bertz CT molecular complexity index is 1280. The Labute approximate surface area is 168 Å². The molecule has 0 atom stereocenters. The Kier molecular flexibility index (Phi) is 4.03. The molecule has 0 aliphatic carbocycles. The summed E-state index contributed by atoms with van der Waals surface area (Å²) in [7, 11) is 0. The Hall–Kier alpha value is -3.30. The second-order valence-corrected chi connectivity index (χ2v) is 7.90. The number of aromatic nitrogens is 4. The van der Waals surface area contributed by atoms with Crippen molar-refractivity contribution in [2.75, 3.05) is 11.4 Å². The van der Waals surface area contributed by atoms with Crippen LogP contribution in [0.2, 0.25) is 0 Å². The summed E-state index contributed by atoms with van der Waals surface area (Å²) in [6.45, 7) is 0.639. The lowest BCUT2D eigenvalue weighted by Crippen LogP contribution is -2.17. The highest BCUT2D eigenvalue weighted by atomic mass is 32.1. The van der Waals surface area contributed by atoms with E-state index in [1.807, 2.05) is 47.4 Å². The molecule has 138 valence electrons. The van der Waals surface area contributed by atoms with Gasteiger partial charge in [-0.1, -0.05) is 29.5 Å². The summed E-state index contributed by atoms with van der Waals surface area (Å²) < 4.78 is 2.46. The number of phenols is 1. The predicted octanol–water partition coefficient (Wildman–Crippen LogP) is 4.11. The molecular weight excluding hydrogens is 392 g/mol. The number of aromatic hydroxyl groups is 1. The number of fused-ring (bicyclic) bond motifs is 1. The van der Waals surface area contributed by atoms with E-state index in [4.69, 9.17) is 12.2 Å². The molecule has 0 bridgehead atoms. The molecule has 2 aromatic carbocycles. The number of benzene rings is 2. The smallest absolute Gasteiger partial charge is 0.234 e. The second kappa shape index (κ2) is 6.70. The lowest BCUT2D eigenvalue weighted by molar-refractivity contribution is 0.474. The fourth-order valence-electron chi connectivity index (χ4n) is 3.05. The van der Waals surface area contributed by atoms with Crippen LogP contribution in [0, 0.1) is 3.95 Å². The molecule has 9 heteroatoms. The van der Waals surface area contributed by atoms with Gasteiger partial charge in [-0.3, -0.25) is 5.10 Å². The van der Waals surface area contributed by atoms with Crippen LogP contribution in [0.1, 0.15) is 5.56 Å². The molecule has 7 nitrogen and oxygen atoms in total. The molecule has 4 aromatic rings. The van der Waals surface area contributed by atoms with Crippen molar-refractivity contribution in [2.45, 2.75) is 0 Å². The predicted molar refractivity (Wildman–Crippen MR) is 113 cm³/mol. The van der Waals surface area contributed by atoms with Crippen molar-refractivity contribution in [2.24, 2.45) is 4.99 Å². The lowest BCUT2D eigenvalue weighted by Gasteiger charge is -2.14. The molecule has 1 aliphatic rings. The standard InChI is InChI=1S/C19H14N6OS2/c26-16-4-2-1-3-13(16)9-14-10-24(11-20-14)15-7-5-12(6-8-15)17-21-22-18-25(17)23-19(27)28-18/h1-9,11,26H,10H2,(H,23,27)/b14-9+. The maximum absolute atomic E-state index is 9.92. The van der Waals surface area contributed by atoms with Crippen LogP contribution in [0.15, 0.2) is 59.2 Å². The van der Waals surface area contributed by atoms with Crippen LogP contribution in [0.5, 0.6) is 5.75 Å². The van der Waals surface area contributed by atoms with Gasteiger partial charge < -0.3 is 10.0 Å². The third-order valence-electron chi connectivity index (χ3n) is 4.43. The van der Waals surface area contributed by atoms with Gasteiger partial charge in [0.05, 0.1) is 18.6 Å². The van der Waals surface area contributed by atoms with E-state index in [-0.39, 0.29) is 5.75 Å². The van der Waals surface area contributed by atoms with E-state index in [0.29, 0.717) is 10.5 Å². The highest BCUT2D eigenvalue weighted by Crippen LogP contribution is 2.26. The largest absolute Gasteiger partial charge is 0.507 e. The van der Waals surface area contributed by atoms with Gasteiger partial charge in [-0.2, -0.15) is 0 Å². The number of aromatic amines is 1. The minimum Gasteiger partial charge on any atom is -0.507 e. The summed E-state index contributed by atoms with van der Waals surface area (Å²) in [5, 5.41) is 21.4. The lowest BCUT2D eigenvalue weighted by atomic mass is 10.1. The van der Waals surface area contributed by atoms with E-state index in [1.54, 1.807) is 23.0 Å². The highest BCUT2D eigenvalue weighted by molar-refractivity contribution is 7.73. The monoisotopic (exact) mass is 406 g/mol. The number of nitrogens with zero attached hydrogens (tertiary/aromatic N) is 5. The van der Waals surface area contributed by atoms with E-state index >= 15 is 0 Å². The SMILES string of the molecule is Oc1ccccc1/C=C1\CN(c2ccc(-c3nnc4sc(=S)[nH]n34)cc2)C=N1. The number of hydrogen-bond acceptors (Lipinski definition) is 7. The number of nitrogens with one attached hydrogen (secondary N) is 1. The second-order valence-electron chi connectivity index (χ2n) is 6.26. The minimum atomic E-state index is 0.250. The van der Waals surface area contributed by atoms with Crippen molar-refractivity contribution in [1.29, 1.82) is 0 Å². The van der Waals surface area contributed by atoms with Gasteiger partial charge in [-0.05, 0) is 48.6 Å². The van der Waals surface area contributed by atoms with Crippen molar-refractivity contribution in [3.63, 3.8) is 0 Å². The third-order valence-corrected chi connectivity index (χ3v) is 5.50. The molecule has 3 heterocycles. The van der Waals surface area contributed by atoms with Crippen molar-refractivity contribution in [3.05, 3.63) is 63.7 Å². The molecular formula is C19H14N6OS2. The maximum Gasteiger partial charge on any atom is 0.234 e. The molecule has 0 fully saturated rings. The zero-order chi connectivity index (χ0) is 19.1. The fourth-order valence-corrected chi connectivity index (χ4v) is 3.98. The normalized spacial score (nSPS) is 15.1. The average molecular weight is 406 g/mol. The minimum absolute atomic E-state index is 0.250. The Morgan fingerprint density at radius 3 is 2.75 bits per heavy atom. The number of rotatable bonds is 3. The van der Waals surface area contributed by atoms with E-state index in [0.717, 1.165) is 33.3 Å². The molecule has 0 spiro atoms. The Morgan fingerprint density at radius 1 is 1.11 bits per heavy atom. The summed E-state index contributed by atoms with van der Waals surface area (Å²) in [6, 6.07) is 15.3. The van der Waals surface area contributed by atoms with Gasteiger partial charge >= 0.3 is 0 Å². The number of H-pyrrole nitrogens is 1. The van der Waals surface area contributed by atoms with Gasteiger partial charge in [0.2, 0.25) is 4.96 Å². The average Bonchev–Trinajstić information content (AvgIpc) is 3.40. The van der Waals surface area contributed by atoms with E-state index < -0.39 is 0 Å². The van der Waals surface area contributed by atoms with Crippen molar-refractivity contribution >= 4 is 46.6 Å². The molecule has 0 radical (unpaired) electrons. The third kappa shape index (κ3) is 3.00. The van der Waals surface area contributed by atoms with Gasteiger partial charge in [0.15, 0.2) is 9.78 Å². The van der Waals surface area contributed by atoms with Crippen LogP contribution in [0.3, 0.4) is 0 Å². The topological polar surface area (TPSA) is 81.8 Å². The number of phenolic OH excluding ortho intramolecular Hbond substituents is 1. The van der Waals surface area contributed by atoms with Crippen LogP contribution in [0.4, 0.5) is 5.69 Å². The van der Waals surface area contributed by atoms with Crippen LogP contribution >= 0.6 is 23.6 Å². The highest BCUT2D eigenvalue weighted by Gasteiger charge is 2.15. The summed E-state index contributed by atoms with van der Waals surface area (Å²) in [6.07, 6.45) is 3.69. The number of para-hydroxylation sites is 1. The van der Waals surface area contributed by atoms with E-state index in [9.17, 15) is 5.11 Å². The number of anilines is 1. The van der Waals surface area contributed by atoms with Crippen LogP contribution in [-0.2, 0) is 0 Å². The summed E-state index contributed by atoms with van der Waals surface area (Å²) in [5.41, 5.74) is 3.61. The summed E-state index contributed by atoms with van der Waals surface area (Å²) in [5.74, 6) is 0.976. The fraction of sp³-hybridized carbons (Fsp3) is 0.0526. The van der Waals surface area contributed by atoms with Gasteiger partial charge in [-0.25, -0.2) is 9.51 Å². The van der Waals surface area contributed by atoms with E-state index in [1.165, 1.54) is 11.3 Å². The molecule has 0 saturated heterocycles. The van der Waals surface area contributed by atoms with Gasteiger partial charge in [-0.15, -0.1) is 10.2 Å². The first kappa shape index (κ1) is 16.8. The van der Waals surface area contributed by atoms with Crippen molar-refractivity contribution in [1.82, 2.24) is 19.8 Å². The van der Waals surface area contributed by atoms with Gasteiger partial charge in [0.1, 0.15) is 5.75 Å². The molecule has 2 aromatic heterocycles. The summed E-state index contributed by atoms with van der Waals surface area (Å²) >= 11 is 6.56. The molecule has 0 amide bonds. The molecule has 0 saturated carbocycles. The first-order chi connectivity index (χ1) is 13.7. The Morgan fingerprint density at radius 2 is 1.93 bits per heavy atom. The quantitative estimate of drug-likeness (QED) is 0.501. The molecule has 1 aliphatic heterocycles. The van der Waals surface area contributed by atoms with Crippen LogP contribution in [-0.4, -0.2) is 37.8 Å². The molecule has 28 heavy (non-hydrogen) atoms. The summed E-state index contributed by atoms with van der Waals surface area (Å²) in [4.78, 5) is 7.25. The maximum atomic E-state index is 9.92. The van der Waals surface area contributed by atoms with Gasteiger partial charge in [0.25, 0.3) is 0 Å². The van der Waals surface area contributed by atoms with Crippen molar-refractivity contribution in [3.8, 4) is 17.1 Å². The zero-order valence-electron chi connectivity index (χ0n) is 14.5. The van der Waals surface area contributed by atoms with Crippen LogP contribution < -0.4 is 4.90 Å². The molecule has 5 rings (SSSR count). The Balaban J connectivity index is 1.38. The van der Waals surface area contributed by atoms with Gasteiger partial charge in [0, 0.05) is 16.8 Å². The van der Waals surface area contributed by atoms with E-state index in [2.05, 4.69) is 20.3 Å². The van der Waals surface area contributed by atoms with Crippen LogP contribution in [0.25, 0.3) is 22.4 Å². The first-order valence-electron chi connectivity index (χ1n) is 8.51.